The van der Waals surface area contributed by atoms with Crippen LogP contribution in [-0.4, -0.2) is 69.4 Å². The Morgan fingerprint density at radius 1 is 0.554 bits per heavy atom. The van der Waals surface area contributed by atoms with Gasteiger partial charge in [-0.25, -0.2) is 15.0 Å². The summed E-state index contributed by atoms with van der Waals surface area (Å²) >= 11 is 0. The summed E-state index contributed by atoms with van der Waals surface area (Å²) in [5.74, 6) is 1.37. The molecule has 56 heavy (non-hydrogen) atoms. The highest BCUT2D eigenvalue weighted by atomic mass is 28.4. The van der Waals surface area contributed by atoms with Crippen LogP contribution in [0.25, 0.3) is 56.4 Å². The van der Waals surface area contributed by atoms with Crippen molar-refractivity contribution in [2.24, 2.45) is 0 Å². The largest absolute Gasteiger partial charge is 0.507 e. The molecule has 0 aliphatic carbocycles. The molecule has 0 unspecified atom stereocenters. The van der Waals surface area contributed by atoms with E-state index in [9.17, 15) is 9.90 Å². The van der Waals surface area contributed by atoms with Crippen LogP contribution in [0.15, 0.2) is 127 Å². The smallest absolute Gasteiger partial charge is 0.500 e. The first kappa shape index (κ1) is 40.0. The molecule has 6 rings (SSSR count). The SMILES string of the molecule is CO[Si](CCCCCCC(=O)OCCOc1ccc(-c2nc(-c3ccc(-c4ccccc4)cc3)nc(-c3ccc(-c4ccccc4)cc3)n2)c(O)c1)(OC)OC. The lowest BCUT2D eigenvalue weighted by atomic mass is 10.0. The topological polar surface area (TPSA) is 122 Å². The summed E-state index contributed by atoms with van der Waals surface area (Å²) in [6, 6.07) is 42.2. The third-order valence-corrected chi connectivity index (χ3v) is 12.3. The predicted octanol–water partition coefficient (Wildman–Crippen LogP) is 9.66. The number of phenolic OH excluding ortho intramolecular Hbond substituents is 1. The van der Waals surface area contributed by atoms with E-state index in [0.29, 0.717) is 35.2 Å². The number of nitrogens with zero attached hydrogens (tertiary/aromatic N) is 3. The van der Waals surface area contributed by atoms with E-state index in [1.165, 1.54) is 6.07 Å². The van der Waals surface area contributed by atoms with Gasteiger partial charge in [-0.3, -0.25) is 4.79 Å². The van der Waals surface area contributed by atoms with Crippen molar-refractivity contribution in [3.8, 4) is 67.9 Å². The van der Waals surface area contributed by atoms with Gasteiger partial charge in [-0.15, -0.1) is 0 Å². The standard InChI is InChI=1S/C45H47N3O7Si/c1-51-56(52-2,53-3)31-13-5-4-12-18-42(50)55-30-29-54-39-27-28-40(41(49)32-39)45-47-43(37-23-19-35(20-24-37)33-14-8-6-9-15-33)46-44(48-45)38-25-21-36(22-26-38)34-16-10-7-11-17-34/h6-11,14-17,19-28,32,49H,4-5,12-13,18,29-31H2,1-3H3. The van der Waals surface area contributed by atoms with E-state index in [-0.39, 0.29) is 24.9 Å². The summed E-state index contributed by atoms with van der Waals surface area (Å²) in [5.41, 5.74) is 6.44. The lowest BCUT2D eigenvalue weighted by Gasteiger charge is -2.24. The number of esters is 1. The summed E-state index contributed by atoms with van der Waals surface area (Å²) in [7, 11) is 2.28. The molecule has 0 aliphatic heterocycles. The van der Waals surface area contributed by atoms with Crippen LogP contribution in [0, 0.1) is 0 Å². The highest BCUT2D eigenvalue weighted by Crippen LogP contribution is 2.34. The van der Waals surface area contributed by atoms with E-state index >= 15 is 0 Å². The van der Waals surface area contributed by atoms with Gasteiger partial charge in [0.1, 0.15) is 24.7 Å². The minimum Gasteiger partial charge on any atom is -0.507 e. The van der Waals surface area contributed by atoms with Crippen molar-refractivity contribution in [1.29, 1.82) is 0 Å². The van der Waals surface area contributed by atoms with Crippen LogP contribution >= 0.6 is 0 Å². The van der Waals surface area contributed by atoms with Crippen molar-refractivity contribution in [3.63, 3.8) is 0 Å². The number of benzene rings is 5. The second-order valence-electron chi connectivity index (χ2n) is 13.2. The second-order valence-corrected chi connectivity index (χ2v) is 16.2. The first-order valence-corrected chi connectivity index (χ1v) is 20.7. The van der Waals surface area contributed by atoms with E-state index in [4.69, 9.17) is 37.7 Å². The van der Waals surface area contributed by atoms with Crippen molar-refractivity contribution in [2.45, 2.75) is 38.1 Å². The molecule has 0 aliphatic rings. The third kappa shape index (κ3) is 10.5. The van der Waals surface area contributed by atoms with Gasteiger partial charge >= 0.3 is 14.8 Å². The zero-order valence-corrected chi connectivity index (χ0v) is 33.0. The molecular formula is C45H47N3O7Si. The lowest BCUT2D eigenvalue weighted by molar-refractivity contribution is -0.144. The van der Waals surface area contributed by atoms with Crippen LogP contribution < -0.4 is 4.74 Å². The molecule has 0 saturated carbocycles. The van der Waals surface area contributed by atoms with Crippen LogP contribution in [-0.2, 0) is 22.8 Å². The van der Waals surface area contributed by atoms with Gasteiger partial charge < -0.3 is 27.9 Å². The quantitative estimate of drug-likeness (QED) is 0.0484. The number of phenols is 1. The molecule has 1 aromatic heterocycles. The molecule has 1 N–H and O–H groups in total. The molecule has 1 heterocycles. The Morgan fingerprint density at radius 3 is 1.55 bits per heavy atom. The maximum Gasteiger partial charge on any atom is 0.500 e. The molecule has 0 amide bonds. The van der Waals surface area contributed by atoms with Gasteiger partial charge in [0.2, 0.25) is 0 Å². The normalized spacial score (nSPS) is 11.3. The average molecular weight is 770 g/mol. The predicted molar refractivity (Wildman–Crippen MR) is 220 cm³/mol. The van der Waals surface area contributed by atoms with Gasteiger partial charge in [0.15, 0.2) is 17.5 Å². The van der Waals surface area contributed by atoms with Crippen molar-refractivity contribution < 1.29 is 32.7 Å². The average Bonchev–Trinajstić information content (AvgIpc) is 3.26. The maximum absolute atomic E-state index is 12.3. The van der Waals surface area contributed by atoms with E-state index in [1.807, 2.05) is 84.9 Å². The summed E-state index contributed by atoms with van der Waals surface area (Å²) in [5, 5.41) is 11.2. The summed E-state index contributed by atoms with van der Waals surface area (Å²) in [4.78, 5) is 26.8. The highest BCUT2D eigenvalue weighted by molar-refractivity contribution is 6.60. The Hall–Kier alpha value is -5.72. The van der Waals surface area contributed by atoms with E-state index in [0.717, 1.165) is 65.1 Å². The van der Waals surface area contributed by atoms with Gasteiger partial charge in [0, 0.05) is 51.0 Å². The molecule has 0 spiro atoms. The molecule has 288 valence electrons. The Morgan fingerprint density at radius 2 is 1.04 bits per heavy atom. The number of aromatic hydroxyl groups is 1. The molecule has 10 nitrogen and oxygen atoms in total. The highest BCUT2D eigenvalue weighted by Gasteiger charge is 2.36. The molecule has 0 bridgehead atoms. The zero-order chi connectivity index (χ0) is 39.2. The Balaban J connectivity index is 1.10. The number of unbranched alkanes of at least 4 members (excludes halogenated alkanes) is 3. The maximum atomic E-state index is 12.3. The monoisotopic (exact) mass is 769 g/mol. The molecular weight excluding hydrogens is 723 g/mol. The van der Waals surface area contributed by atoms with Crippen molar-refractivity contribution in [1.82, 2.24) is 15.0 Å². The van der Waals surface area contributed by atoms with Gasteiger partial charge in [-0.1, -0.05) is 122 Å². The van der Waals surface area contributed by atoms with E-state index in [2.05, 4.69) is 24.3 Å². The summed E-state index contributed by atoms with van der Waals surface area (Å²) in [6.07, 6.45) is 3.80. The number of hydrogen-bond donors (Lipinski definition) is 1. The summed E-state index contributed by atoms with van der Waals surface area (Å²) < 4.78 is 27.5. The lowest BCUT2D eigenvalue weighted by Crippen LogP contribution is -2.42. The van der Waals surface area contributed by atoms with E-state index < -0.39 is 8.80 Å². The van der Waals surface area contributed by atoms with Crippen molar-refractivity contribution >= 4 is 14.8 Å². The number of carbonyl (C=O) groups is 1. The Labute approximate surface area is 329 Å². The first-order chi connectivity index (χ1) is 27.4. The third-order valence-electron chi connectivity index (χ3n) is 9.51. The fourth-order valence-electron chi connectivity index (χ4n) is 6.34. The van der Waals surface area contributed by atoms with E-state index in [1.54, 1.807) is 33.5 Å². The van der Waals surface area contributed by atoms with Gasteiger partial charge in [0.25, 0.3) is 0 Å². The molecule has 0 atom stereocenters. The van der Waals surface area contributed by atoms with Gasteiger partial charge in [-0.05, 0) is 47.2 Å². The van der Waals surface area contributed by atoms with Gasteiger partial charge in [-0.2, -0.15) is 0 Å². The van der Waals surface area contributed by atoms with Crippen LogP contribution in [0.1, 0.15) is 32.1 Å². The molecule has 0 radical (unpaired) electrons. The number of rotatable bonds is 19. The van der Waals surface area contributed by atoms with Gasteiger partial charge in [0.05, 0.1) is 5.56 Å². The second kappa shape index (κ2) is 19.7. The number of hydrogen-bond acceptors (Lipinski definition) is 10. The number of carbonyl (C=O) groups excluding carboxylic acids is 1. The number of ether oxygens (including phenoxy) is 2. The summed E-state index contributed by atoms with van der Waals surface area (Å²) in [6.45, 7) is 0.234. The van der Waals surface area contributed by atoms with Crippen LogP contribution in [0.3, 0.4) is 0 Å². The Kier molecular flexibility index (Phi) is 14.1. The molecule has 6 aromatic rings. The minimum absolute atomic E-state index is 0.0529. The molecule has 0 fully saturated rings. The Bertz CT molecular complexity index is 2040. The van der Waals surface area contributed by atoms with Crippen molar-refractivity contribution in [2.75, 3.05) is 34.5 Å². The fraction of sp³-hybridized carbons (Fsp3) is 0.244. The fourth-order valence-corrected chi connectivity index (χ4v) is 8.13. The minimum atomic E-state index is -2.56. The van der Waals surface area contributed by atoms with Crippen LogP contribution in [0.4, 0.5) is 0 Å². The molecule has 5 aromatic carbocycles. The van der Waals surface area contributed by atoms with Crippen LogP contribution in [0.5, 0.6) is 11.5 Å². The number of aromatic nitrogens is 3. The van der Waals surface area contributed by atoms with Crippen molar-refractivity contribution in [3.05, 3.63) is 127 Å². The zero-order valence-electron chi connectivity index (χ0n) is 32.0. The first-order valence-electron chi connectivity index (χ1n) is 18.8. The molecule has 0 saturated heterocycles. The van der Waals surface area contributed by atoms with Crippen LogP contribution in [0.2, 0.25) is 6.04 Å². The molecule has 11 heteroatoms.